The third-order valence-electron chi connectivity index (χ3n) is 2.87. The zero-order valence-electron chi connectivity index (χ0n) is 10.3. The van der Waals surface area contributed by atoms with E-state index in [0.29, 0.717) is 0 Å². The van der Waals surface area contributed by atoms with Crippen LogP contribution in [0.25, 0.3) is 0 Å². The number of halogens is 2. The van der Waals surface area contributed by atoms with E-state index < -0.39 is 0 Å². The molecule has 1 atom stereocenters. The van der Waals surface area contributed by atoms with E-state index >= 15 is 0 Å². The van der Waals surface area contributed by atoms with Crippen molar-refractivity contribution < 1.29 is 0 Å². The molecule has 1 aromatic heterocycles. The number of benzene rings is 1. The molecule has 0 aliphatic carbocycles. The maximum atomic E-state index is 6.26. The van der Waals surface area contributed by atoms with Gasteiger partial charge >= 0.3 is 0 Å². The van der Waals surface area contributed by atoms with Crippen LogP contribution >= 0.6 is 27.5 Å². The minimum atomic E-state index is 0.00259. The van der Waals surface area contributed by atoms with E-state index in [1.807, 2.05) is 42.3 Å². The molecule has 0 aliphatic heterocycles. The van der Waals surface area contributed by atoms with Crippen molar-refractivity contribution in [2.75, 3.05) is 7.05 Å². The van der Waals surface area contributed by atoms with Gasteiger partial charge in [-0.05, 0) is 37.7 Å². The van der Waals surface area contributed by atoms with Crippen molar-refractivity contribution in [2.24, 2.45) is 0 Å². The van der Waals surface area contributed by atoms with Crippen molar-refractivity contribution in [3.63, 3.8) is 0 Å². The number of nitrogens with one attached hydrogen (secondary N) is 1. The molecule has 1 unspecified atom stereocenters. The first kappa shape index (κ1) is 13.6. The van der Waals surface area contributed by atoms with Gasteiger partial charge in [-0.15, -0.1) is 0 Å². The molecule has 3 nitrogen and oxygen atoms in total. The topological polar surface area (TPSA) is 29.9 Å². The Hall–Kier alpha value is -0.840. The standard InChI is InChI=1S/C13H15BrClN3/c1-3-18-7-12(17-8-18)13(16-2)10-6-9(14)4-5-11(10)15/h4-8,13,16H,3H2,1-2H3. The number of imidazole rings is 1. The van der Waals surface area contributed by atoms with Crippen LogP contribution in [0.1, 0.15) is 24.2 Å². The van der Waals surface area contributed by atoms with Crippen LogP contribution in [0.15, 0.2) is 35.2 Å². The summed E-state index contributed by atoms with van der Waals surface area (Å²) in [4.78, 5) is 4.43. The van der Waals surface area contributed by atoms with E-state index in [4.69, 9.17) is 11.6 Å². The third-order valence-corrected chi connectivity index (χ3v) is 3.71. The fraction of sp³-hybridized carbons (Fsp3) is 0.308. The fourth-order valence-electron chi connectivity index (χ4n) is 1.90. The lowest BCUT2D eigenvalue weighted by Crippen LogP contribution is -2.18. The molecule has 18 heavy (non-hydrogen) atoms. The Kier molecular flexibility index (Phi) is 4.43. The molecule has 1 N–H and O–H groups in total. The van der Waals surface area contributed by atoms with Crippen molar-refractivity contribution in [1.82, 2.24) is 14.9 Å². The molecule has 5 heteroatoms. The molecule has 2 rings (SSSR count). The Morgan fingerprint density at radius 2 is 2.28 bits per heavy atom. The zero-order chi connectivity index (χ0) is 13.1. The molecule has 0 fully saturated rings. The summed E-state index contributed by atoms with van der Waals surface area (Å²) >= 11 is 9.74. The number of aryl methyl sites for hydroxylation is 1. The highest BCUT2D eigenvalue weighted by Gasteiger charge is 2.17. The van der Waals surface area contributed by atoms with Crippen molar-refractivity contribution in [3.8, 4) is 0 Å². The molecule has 0 saturated carbocycles. The highest BCUT2D eigenvalue weighted by Crippen LogP contribution is 2.29. The normalized spacial score (nSPS) is 12.7. The van der Waals surface area contributed by atoms with Crippen molar-refractivity contribution >= 4 is 27.5 Å². The van der Waals surface area contributed by atoms with Crippen LogP contribution in [-0.2, 0) is 6.54 Å². The smallest absolute Gasteiger partial charge is 0.0950 e. The quantitative estimate of drug-likeness (QED) is 0.929. The molecule has 1 aromatic carbocycles. The van der Waals surface area contributed by atoms with Gasteiger partial charge < -0.3 is 9.88 Å². The van der Waals surface area contributed by atoms with Gasteiger partial charge in [0.25, 0.3) is 0 Å². The van der Waals surface area contributed by atoms with Crippen LogP contribution in [-0.4, -0.2) is 16.6 Å². The highest BCUT2D eigenvalue weighted by atomic mass is 79.9. The SMILES string of the molecule is CCn1cnc(C(NC)c2cc(Br)ccc2Cl)c1. The first-order valence-corrected chi connectivity index (χ1v) is 6.96. The van der Waals surface area contributed by atoms with E-state index in [0.717, 1.165) is 27.3 Å². The predicted octanol–water partition coefficient (Wildman–Crippen LogP) is 3.63. The summed E-state index contributed by atoms with van der Waals surface area (Å²) in [5.41, 5.74) is 1.99. The van der Waals surface area contributed by atoms with Gasteiger partial charge in [0.05, 0.1) is 18.1 Å². The van der Waals surface area contributed by atoms with Gasteiger partial charge in [0.15, 0.2) is 0 Å². The summed E-state index contributed by atoms with van der Waals surface area (Å²) in [5, 5.41) is 4.00. The van der Waals surface area contributed by atoms with Gasteiger partial charge in [-0.25, -0.2) is 4.98 Å². The summed E-state index contributed by atoms with van der Waals surface area (Å²) < 4.78 is 3.06. The van der Waals surface area contributed by atoms with E-state index in [2.05, 4.69) is 33.2 Å². The molecule has 0 bridgehead atoms. The van der Waals surface area contributed by atoms with Gasteiger partial charge in [-0.3, -0.25) is 0 Å². The van der Waals surface area contributed by atoms with E-state index in [9.17, 15) is 0 Å². The van der Waals surface area contributed by atoms with Crippen LogP contribution in [0.4, 0.5) is 0 Å². The molecule has 0 radical (unpaired) electrons. The second kappa shape index (κ2) is 5.87. The molecule has 0 saturated heterocycles. The third kappa shape index (κ3) is 2.76. The van der Waals surface area contributed by atoms with E-state index in [1.165, 1.54) is 0 Å². The van der Waals surface area contributed by atoms with Crippen LogP contribution in [0.5, 0.6) is 0 Å². The first-order chi connectivity index (χ1) is 8.65. The Balaban J connectivity index is 2.41. The molecular weight excluding hydrogens is 314 g/mol. The van der Waals surface area contributed by atoms with Crippen LogP contribution in [0, 0.1) is 0 Å². The van der Waals surface area contributed by atoms with Crippen LogP contribution < -0.4 is 5.32 Å². The highest BCUT2D eigenvalue weighted by molar-refractivity contribution is 9.10. The second-order valence-electron chi connectivity index (χ2n) is 4.02. The molecule has 1 heterocycles. The average molecular weight is 329 g/mol. The molecule has 0 aliphatic rings. The van der Waals surface area contributed by atoms with Gasteiger partial charge in [-0.2, -0.15) is 0 Å². The average Bonchev–Trinajstić information content (AvgIpc) is 2.83. The number of aromatic nitrogens is 2. The molecule has 2 aromatic rings. The maximum absolute atomic E-state index is 6.26. The lowest BCUT2D eigenvalue weighted by molar-refractivity contribution is 0.672. The number of hydrogen-bond donors (Lipinski definition) is 1. The largest absolute Gasteiger partial charge is 0.337 e. The summed E-state index contributed by atoms with van der Waals surface area (Å²) in [6.07, 6.45) is 3.88. The summed E-state index contributed by atoms with van der Waals surface area (Å²) in [6.45, 7) is 3.00. The number of nitrogens with zero attached hydrogens (tertiary/aromatic N) is 2. The summed E-state index contributed by atoms with van der Waals surface area (Å²) in [5.74, 6) is 0. The van der Waals surface area contributed by atoms with Crippen LogP contribution in [0.3, 0.4) is 0 Å². The van der Waals surface area contributed by atoms with Crippen molar-refractivity contribution in [3.05, 3.63) is 51.5 Å². The fourth-order valence-corrected chi connectivity index (χ4v) is 2.50. The summed E-state index contributed by atoms with van der Waals surface area (Å²) in [7, 11) is 1.91. The molecular formula is C13H15BrClN3. The molecule has 96 valence electrons. The molecule has 0 amide bonds. The maximum Gasteiger partial charge on any atom is 0.0950 e. The Labute approximate surface area is 120 Å². The van der Waals surface area contributed by atoms with Gasteiger partial charge in [0, 0.05) is 22.2 Å². The summed E-state index contributed by atoms with van der Waals surface area (Å²) in [6, 6.07) is 5.85. The minimum absolute atomic E-state index is 0.00259. The van der Waals surface area contributed by atoms with Crippen LogP contribution in [0.2, 0.25) is 5.02 Å². The van der Waals surface area contributed by atoms with Crippen molar-refractivity contribution in [1.29, 1.82) is 0 Å². The zero-order valence-corrected chi connectivity index (χ0v) is 12.7. The number of hydrogen-bond acceptors (Lipinski definition) is 2. The van der Waals surface area contributed by atoms with E-state index in [-0.39, 0.29) is 6.04 Å². The Bertz CT molecular complexity index is 539. The monoisotopic (exact) mass is 327 g/mol. The predicted molar refractivity (Wildman–Crippen MR) is 78.0 cm³/mol. The minimum Gasteiger partial charge on any atom is -0.337 e. The number of rotatable bonds is 4. The Morgan fingerprint density at radius 1 is 1.50 bits per heavy atom. The lowest BCUT2D eigenvalue weighted by atomic mass is 10.0. The van der Waals surface area contributed by atoms with Crippen molar-refractivity contribution in [2.45, 2.75) is 19.5 Å². The van der Waals surface area contributed by atoms with Gasteiger partial charge in [0.1, 0.15) is 0 Å². The molecule has 0 spiro atoms. The van der Waals surface area contributed by atoms with E-state index in [1.54, 1.807) is 0 Å². The Morgan fingerprint density at radius 3 is 2.89 bits per heavy atom. The van der Waals surface area contributed by atoms with Gasteiger partial charge in [0.2, 0.25) is 0 Å². The lowest BCUT2D eigenvalue weighted by Gasteiger charge is -2.16. The first-order valence-electron chi connectivity index (χ1n) is 5.79. The second-order valence-corrected chi connectivity index (χ2v) is 5.34. The van der Waals surface area contributed by atoms with Gasteiger partial charge in [-0.1, -0.05) is 27.5 Å².